The largest absolute Gasteiger partial charge is 0.486 e. The van der Waals surface area contributed by atoms with Crippen molar-refractivity contribution in [3.63, 3.8) is 0 Å². The SMILES string of the molecule is Cc1nnc(N[C@H](C)c2cccc3c2OCC3(F)F)c2cc(N3CCOCC3)ncc12. The Labute approximate surface area is 178 Å². The number of nitrogens with one attached hydrogen (secondary N) is 1. The molecule has 0 bridgehead atoms. The molecule has 9 heteroatoms. The van der Waals surface area contributed by atoms with Gasteiger partial charge in [-0.3, -0.25) is 0 Å². The lowest BCUT2D eigenvalue weighted by Gasteiger charge is -2.28. The van der Waals surface area contributed by atoms with Crippen LogP contribution in [0.2, 0.25) is 0 Å². The molecule has 1 atom stereocenters. The Morgan fingerprint density at radius 1 is 1.16 bits per heavy atom. The predicted octanol–water partition coefficient (Wildman–Crippen LogP) is 3.83. The summed E-state index contributed by atoms with van der Waals surface area (Å²) in [5.74, 6) is -1.30. The Morgan fingerprint density at radius 3 is 2.77 bits per heavy atom. The fourth-order valence-corrected chi connectivity index (χ4v) is 4.10. The number of aromatic nitrogens is 3. The summed E-state index contributed by atoms with van der Waals surface area (Å²) < 4.78 is 39.0. The van der Waals surface area contributed by atoms with Crippen molar-refractivity contribution < 1.29 is 18.3 Å². The number of hydrogen-bond acceptors (Lipinski definition) is 7. The molecule has 0 saturated carbocycles. The van der Waals surface area contributed by atoms with Crippen molar-refractivity contribution in [3.8, 4) is 5.75 Å². The van der Waals surface area contributed by atoms with E-state index < -0.39 is 12.5 Å². The minimum absolute atomic E-state index is 0.0719. The molecular formula is C22H23F2N5O2. The lowest BCUT2D eigenvalue weighted by atomic mass is 10.0. The lowest BCUT2D eigenvalue weighted by molar-refractivity contribution is -0.0214. The van der Waals surface area contributed by atoms with Crippen LogP contribution in [-0.4, -0.2) is 48.1 Å². The zero-order valence-corrected chi connectivity index (χ0v) is 17.4. The molecule has 0 radical (unpaired) electrons. The Kier molecular flexibility index (Phi) is 4.85. The number of alkyl halides is 2. The normalized spacial score (nSPS) is 18.5. The Bertz CT molecular complexity index is 1130. The molecule has 1 saturated heterocycles. The summed E-state index contributed by atoms with van der Waals surface area (Å²) in [6.07, 6.45) is 1.81. The van der Waals surface area contributed by atoms with Crippen LogP contribution in [0.25, 0.3) is 10.8 Å². The van der Waals surface area contributed by atoms with Crippen LogP contribution in [0.5, 0.6) is 5.75 Å². The molecule has 0 spiro atoms. The van der Waals surface area contributed by atoms with E-state index in [9.17, 15) is 8.78 Å². The van der Waals surface area contributed by atoms with Crippen LogP contribution in [0, 0.1) is 6.92 Å². The average Bonchev–Trinajstić information content (AvgIpc) is 3.11. The van der Waals surface area contributed by atoms with Gasteiger partial charge in [0.05, 0.1) is 30.5 Å². The topological polar surface area (TPSA) is 72.4 Å². The highest BCUT2D eigenvalue weighted by Gasteiger charge is 2.42. The van der Waals surface area contributed by atoms with E-state index in [1.54, 1.807) is 12.1 Å². The van der Waals surface area contributed by atoms with Crippen molar-refractivity contribution in [1.82, 2.24) is 15.2 Å². The standard InChI is InChI=1S/C22H23F2N5O2/c1-13(15-4-3-5-18-20(15)31-12-22(18,23)24)26-21-16-10-19(29-6-8-30-9-7-29)25-11-17(16)14(2)27-28-21/h3-5,10-11,13H,6-9,12H2,1-2H3,(H,26,28)/t13-/m1/s1. The van der Waals surface area contributed by atoms with E-state index in [0.29, 0.717) is 24.6 Å². The number of morpholine rings is 1. The maximum Gasteiger partial charge on any atom is 0.310 e. The molecule has 5 rings (SSSR count). The first kappa shape index (κ1) is 19.9. The molecular weight excluding hydrogens is 404 g/mol. The number of hydrogen-bond donors (Lipinski definition) is 1. The van der Waals surface area contributed by atoms with Crippen LogP contribution in [0.15, 0.2) is 30.5 Å². The smallest absolute Gasteiger partial charge is 0.310 e. The average molecular weight is 427 g/mol. The van der Waals surface area contributed by atoms with Gasteiger partial charge in [0.1, 0.15) is 11.6 Å². The zero-order chi connectivity index (χ0) is 21.6. The summed E-state index contributed by atoms with van der Waals surface area (Å²) in [7, 11) is 0. The molecule has 1 N–H and O–H groups in total. The first-order chi connectivity index (χ1) is 14.9. The Morgan fingerprint density at radius 2 is 1.97 bits per heavy atom. The van der Waals surface area contributed by atoms with E-state index in [1.165, 1.54) is 6.07 Å². The minimum Gasteiger partial charge on any atom is -0.486 e. The first-order valence-electron chi connectivity index (χ1n) is 10.3. The maximum atomic E-state index is 14.1. The lowest BCUT2D eigenvalue weighted by Crippen LogP contribution is -2.36. The number of benzene rings is 1. The van der Waals surface area contributed by atoms with Gasteiger partial charge < -0.3 is 19.7 Å². The van der Waals surface area contributed by atoms with Gasteiger partial charge in [0.2, 0.25) is 0 Å². The number of ether oxygens (including phenoxy) is 2. The fourth-order valence-electron chi connectivity index (χ4n) is 4.10. The summed E-state index contributed by atoms with van der Waals surface area (Å²) >= 11 is 0. The van der Waals surface area contributed by atoms with E-state index in [1.807, 2.05) is 26.1 Å². The predicted molar refractivity (Wildman–Crippen MR) is 113 cm³/mol. The molecule has 7 nitrogen and oxygen atoms in total. The molecule has 0 amide bonds. The van der Waals surface area contributed by atoms with E-state index in [4.69, 9.17) is 9.47 Å². The fraction of sp³-hybridized carbons (Fsp3) is 0.409. The second-order valence-corrected chi connectivity index (χ2v) is 7.90. The van der Waals surface area contributed by atoms with Crippen molar-refractivity contribution >= 4 is 22.4 Å². The molecule has 4 heterocycles. The van der Waals surface area contributed by atoms with Crippen LogP contribution in [0.3, 0.4) is 0 Å². The van der Waals surface area contributed by atoms with E-state index in [0.717, 1.165) is 35.4 Å². The molecule has 1 fully saturated rings. The summed E-state index contributed by atoms with van der Waals surface area (Å²) in [6.45, 7) is 6.03. The van der Waals surface area contributed by atoms with Crippen molar-refractivity contribution in [2.24, 2.45) is 0 Å². The van der Waals surface area contributed by atoms with Crippen molar-refractivity contribution in [2.75, 3.05) is 43.1 Å². The molecule has 0 unspecified atom stereocenters. The Balaban J connectivity index is 1.50. The van der Waals surface area contributed by atoms with Crippen LogP contribution in [-0.2, 0) is 10.7 Å². The van der Waals surface area contributed by atoms with Gasteiger partial charge in [-0.25, -0.2) is 4.98 Å². The number of fused-ring (bicyclic) bond motifs is 2. The van der Waals surface area contributed by atoms with Gasteiger partial charge in [0.25, 0.3) is 0 Å². The number of para-hydroxylation sites is 1. The molecule has 2 aliphatic rings. The number of halogens is 2. The third kappa shape index (κ3) is 3.52. The van der Waals surface area contributed by atoms with Crippen molar-refractivity contribution in [2.45, 2.75) is 25.8 Å². The number of rotatable bonds is 4. The van der Waals surface area contributed by atoms with E-state index in [-0.39, 0.29) is 17.4 Å². The number of aryl methyl sites for hydroxylation is 1. The van der Waals surface area contributed by atoms with Gasteiger partial charge >= 0.3 is 5.92 Å². The third-order valence-corrected chi connectivity index (χ3v) is 5.83. The van der Waals surface area contributed by atoms with Gasteiger partial charge in [-0.2, -0.15) is 13.9 Å². The zero-order valence-electron chi connectivity index (χ0n) is 17.4. The van der Waals surface area contributed by atoms with Gasteiger partial charge in [-0.05, 0) is 26.0 Å². The van der Waals surface area contributed by atoms with Gasteiger partial charge in [-0.15, -0.1) is 5.10 Å². The highest BCUT2D eigenvalue weighted by atomic mass is 19.3. The van der Waals surface area contributed by atoms with E-state index >= 15 is 0 Å². The van der Waals surface area contributed by atoms with Gasteiger partial charge in [0, 0.05) is 35.6 Å². The first-order valence-corrected chi connectivity index (χ1v) is 10.3. The monoisotopic (exact) mass is 427 g/mol. The number of nitrogens with zero attached hydrogens (tertiary/aromatic N) is 4. The summed E-state index contributed by atoms with van der Waals surface area (Å²) in [6, 6.07) is 6.53. The van der Waals surface area contributed by atoms with Crippen LogP contribution < -0.4 is 15.0 Å². The quantitative estimate of drug-likeness (QED) is 0.679. The van der Waals surface area contributed by atoms with Crippen LogP contribution in [0.4, 0.5) is 20.4 Å². The molecule has 1 aromatic carbocycles. The molecule has 0 aliphatic carbocycles. The van der Waals surface area contributed by atoms with Gasteiger partial charge in [0.15, 0.2) is 12.4 Å². The molecule has 2 aliphatic heterocycles. The highest BCUT2D eigenvalue weighted by Crippen LogP contribution is 2.45. The molecule has 2 aromatic heterocycles. The molecule has 3 aromatic rings. The van der Waals surface area contributed by atoms with Crippen LogP contribution >= 0.6 is 0 Å². The van der Waals surface area contributed by atoms with E-state index in [2.05, 4.69) is 25.4 Å². The summed E-state index contributed by atoms with van der Waals surface area (Å²) in [4.78, 5) is 6.78. The van der Waals surface area contributed by atoms with Gasteiger partial charge in [-0.1, -0.05) is 12.1 Å². The highest BCUT2D eigenvalue weighted by molar-refractivity contribution is 5.94. The summed E-state index contributed by atoms with van der Waals surface area (Å²) in [5, 5.41) is 13.7. The van der Waals surface area contributed by atoms with Crippen molar-refractivity contribution in [1.29, 1.82) is 0 Å². The third-order valence-electron chi connectivity index (χ3n) is 5.83. The number of anilines is 2. The van der Waals surface area contributed by atoms with Crippen LogP contribution in [0.1, 0.15) is 29.8 Å². The summed E-state index contributed by atoms with van der Waals surface area (Å²) in [5.41, 5.74) is 1.36. The number of pyridine rings is 1. The Hall–Kier alpha value is -3.07. The second-order valence-electron chi connectivity index (χ2n) is 7.90. The molecule has 31 heavy (non-hydrogen) atoms. The maximum absolute atomic E-state index is 14.1. The minimum atomic E-state index is -2.97. The van der Waals surface area contributed by atoms with Crippen molar-refractivity contribution in [3.05, 3.63) is 47.3 Å². The molecule has 162 valence electrons. The second kappa shape index (κ2) is 7.56.